The summed E-state index contributed by atoms with van der Waals surface area (Å²) in [5, 5.41) is -0.0784. The number of nitrogens with zero attached hydrogens (tertiary/aromatic N) is 2. The lowest BCUT2D eigenvalue weighted by molar-refractivity contribution is -0.125. The van der Waals surface area contributed by atoms with Crippen molar-refractivity contribution in [3.63, 3.8) is 0 Å². The zero-order chi connectivity index (χ0) is 14.2. The largest absolute Gasteiger partial charge is 0.294 e. The Bertz CT molecular complexity index is 638. The number of halogens is 1. The van der Waals surface area contributed by atoms with Crippen LogP contribution in [-0.4, -0.2) is 36.2 Å². The van der Waals surface area contributed by atoms with Crippen LogP contribution in [0.1, 0.15) is 13.8 Å². The molecule has 1 aliphatic rings. The highest BCUT2D eigenvalue weighted by Crippen LogP contribution is 2.31. The molecule has 1 fully saturated rings. The Morgan fingerprint density at radius 2 is 2.16 bits per heavy atom. The number of carbonyl (C=O) groups is 1. The molecule has 1 aromatic heterocycles. The van der Waals surface area contributed by atoms with E-state index in [0.29, 0.717) is 10.9 Å². The molecule has 1 aromatic rings. The number of hydrogen-bond acceptors (Lipinski definition) is 5. The van der Waals surface area contributed by atoms with Crippen molar-refractivity contribution in [2.75, 3.05) is 6.54 Å². The summed E-state index contributed by atoms with van der Waals surface area (Å²) in [7, 11) is -3.81. The fourth-order valence-corrected chi connectivity index (χ4v) is 5.24. The van der Waals surface area contributed by atoms with Gasteiger partial charge in [-0.1, -0.05) is 23.4 Å². The average Bonchev–Trinajstić information content (AvgIpc) is 2.85. The number of carbonyl (C=O) groups excluding carboxylic acids is 1. The normalized spacial score (nSPS) is 22.5. The molecule has 0 saturated carbocycles. The third-order valence-corrected chi connectivity index (χ3v) is 6.60. The lowest BCUT2D eigenvalue weighted by Gasteiger charge is -2.12. The maximum atomic E-state index is 12.1. The van der Waals surface area contributed by atoms with Gasteiger partial charge in [-0.2, -0.15) is 8.42 Å². The summed E-state index contributed by atoms with van der Waals surface area (Å²) in [6.07, 6.45) is 0. The molecule has 9 heteroatoms. The number of thiophene rings is 1. The smallest absolute Gasteiger partial charge is 0.290 e. The van der Waals surface area contributed by atoms with Crippen LogP contribution < -0.4 is 0 Å². The van der Waals surface area contributed by atoms with Crippen LogP contribution >= 0.6 is 34.7 Å². The maximum Gasteiger partial charge on any atom is 0.294 e. The van der Waals surface area contributed by atoms with E-state index in [-0.39, 0.29) is 20.5 Å². The minimum absolute atomic E-state index is 0.0775. The van der Waals surface area contributed by atoms with Crippen LogP contribution in [-0.2, 0) is 14.8 Å². The summed E-state index contributed by atoms with van der Waals surface area (Å²) in [6.45, 7) is 3.91. The van der Waals surface area contributed by atoms with E-state index >= 15 is 0 Å². The van der Waals surface area contributed by atoms with Crippen LogP contribution in [0.25, 0.3) is 0 Å². The van der Waals surface area contributed by atoms with Gasteiger partial charge in [0.15, 0.2) is 5.17 Å². The molecular weight excluding hydrogens is 328 g/mol. The highest BCUT2D eigenvalue weighted by Gasteiger charge is 2.35. The van der Waals surface area contributed by atoms with Crippen molar-refractivity contribution in [1.29, 1.82) is 0 Å². The van der Waals surface area contributed by atoms with Crippen molar-refractivity contribution < 1.29 is 13.2 Å². The number of amides is 1. The summed E-state index contributed by atoms with van der Waals surface area (Å²) >= 11 is 7.82. The number of rotatable bonds is 3. The third-order valence-electron chi connectivity index (χ3n) is 2.44. The molecule has 0 spiro atoms. The van der Waals surface area contributed by atoms with Gasteiger partial charge in [0.05, 0.1) is 9.59 Å². The topological polar surface area (TPSA) is 66.8 Å². The second-order valence-corrected chi connectivity index (χ2v) is 8.60. The van der Waals surface area contributed by atoms with Crippen LogP contribution in [0.2, 0.25) is 4.34 Å². The minimum atomic E-state index is -3.81. The lowest BCUT2D eigenvalue weighted by Crippen LogP contribution is -2.31. The molecule has 1 atom stereocenters. The number of sulfonamides is 1. The quantitative estimate of drug-likeness (QED) is 0.849. The number of thioether (sulfide) groups is 1. The first kappa shape index (κ1) is 14.8. The predicted octanol–water partition coefficient (Wildman–Crippen LogP) is 2.43. The SMILES string of the molecule is CCN1C(=O)C(C)S/C1=N\S(=O)(=O)c1ccc(Cl)s1. The fraction of sp³-hybridized carbons (Fsp3) is 0.400. The molecule has 2 heterocycles. The van der Waals surface area contributed by atoms with Crippen LogP contribution in [0.4, 0.5) is 0 Å². The van der Waals surface area contributed by atoms with Gasteiger partial charge in [0.2, 0.25) is 5.91 Å². The average molecular weight is 339 g/mol. The van der Waals surface area contributed by atoms with Crippen molar-refractivity contribution in [2.24, 2.45) is 4.40 Å². The molecule has 1 unspecified atom stereocenters. The van der Waals surface area contributed by atoms with Crippen molar-refractivity contribution in [3.8, 4) is 0 Å². The Kier molecular flexibility index (Phi) is 4.24. The Balaban J connectivity index is 2.38. The van der Waals surface area contributed by atoms with Gasteiger partial charge >= 0.3 is 0 Å². The molecule has 1 saturated heterocycles. The van der Waals surface area contributed by atoms with Gasteiger partial charge in [-0.05, 0) is 26.0 Å². The fourth-order valence-electron chi connectivity index (χ4n) is 1.53. The third kappa shape index (κ3) is 2.96. The summed E-state index contributed by atoms with van der Waals surface area (Å²) in [5.74, 6) is -0.120. The van der Waals surface area contributed by atoms with Crippen LogP contribution in [0, 0.1) is 0 Å². The van der Waals surface area contributed by atoms with E-state index in [1.807, 2.05) is 0 Å². The summed E-state index contributed by atoms with van der Waals surface area (Å²) in [6, 6.07) is 2.92. The molecule has 1 aliphatic heterocycles. The van der Waals surface area contributed by atoms with Crippen LogP contribution in [0.5, 0.6) is 0 Å². The minimum Gasteiger partial charge on any atom is -0.290 e. The Morgan fingerprint density at radius 1 is 1.47 bits per heavy atom. The number of hydrogen-bond donors (Lipinski definition) is 0. The van der Waals surface area contributed by atoms with E-state index in [0.717, 1.165) is 23.1 Å². The van der Waals surface area contributed by atoms with E-state index in [1.165, 1.54) is 17.0 Å². The lowest BCUT2D eigenvalue weighted by atomic mass is 10.4. The highest BCUT2D eigenvalue weighted by molar-refractivity contribution is 8.16. The second-order valence-electron chi connectivity index (χ2n) is 3.75. The molecule has 0 bridgehead atoms. The van der Waals surface area contributed by atoms with Crippen molar-refractivity contribution >= 4 is 55.8 Å². The molecule has 0 aromatic carbocycles. The summed E-state index contributed by atoms with van der Waals surface area (Å²) < 4.78 is 28.4. The highest BCUT2D eigenvalue weighted by atomic mass is 35.5. The summed E-state index contributed by atoms with van der Waals surface area (Å²) in [4.78, 5) is 13.2. The van der Waals surface area contributed by atoms with Crippen LogP contribution in [0.3, 0.4) is 0 Å². The van der Waals surface area contributed by atoms with Crippen LogP contribution in [0.15, 0.2) is 20.7 Å². The van der Waals surface area contributed by atoms with E-state index in [9.17, 15) is 13.2 Å². The molecule has 5 nitrogen and oxygen atoms in total. The molecule has 1 amide bonds. The van der Waals surface area contributed by atoms with E-state index in [4.69, 9.17) is 11.6 Å². The standard InChI is InChI=1S/C10H11ClN2O3S3/c1-3-13-9(14)6(2)17-10(13)12-19(15,16)8-5-4-7(11)18-8/h4-6H,3H2,1-2H3/b12-10-. The molecule has 0 N–H and O–H groups in total. The second kappa shape index (κ2) is 5.43. The first-order valence-corrected chi connectivity index (χ1v) is 8.95. The van der Waals surface area contributed by atoms with Gasteiger partial charge in [0.1, 0.15) is 4.21 Å². The van der Waals surface area contributed by atoms with E-state index in [2.05, 4.69) is 4.40 Å². The molecule has 0 radical (unpaired) electrons. The first-order valence-electron chi connectivity index (χ1n) is 5.43. The van der Waals surface area contributed by atoms with Crippen molar-refractivity contribution in [3.05, 3.63) is 16.5 Å². The zero-order valence-electron chi connectivity index (χ0n) is 10.2. The first-order chi connectivity index (χ1) is 8.85. The van der Waals surface area contributed by atoms with Crippen molar-refractivity contribution in [1.82, 2.24) is 4.90 Å². The Morgan fingerprint density at radius 3 is 2.68 bits per heavy atom. The van der Waals surface area contributed by atoms with Gasteiger partial charge in [-0.15, -0.1) is 15.7 Å². The van der Waals surface area contributed by atoms with Gasteiger partial charge in [-0.3, -0.25) is 9.69 Å². The van der Waals surface area contributed by atoms with Crippen molar-refractivity contribution in [2.45, 2.75) is 23.3 Å². The Labute approximate surface area is 124 Å². The molecule has 104 valence electrons. The van der Waals surface area contributed by atoms with Gasteiger partial charge in [-0.25, -0.2) is 0 Å². The molecule has 2 rings (SSSR count). The molecular formula is C10H11ClN2O3S3. The zero-order valence-corrected chi connectivity index (χ0v) is 13.4. The number of amidine groups is 1. The van der Waals surface area contributed by atoms with Gasteiger partial charge < -0.3 is 0 Å². The van der Waals surface area contributed by atoms with E-state index in [1.54, 1.807) is 13.8 Å². The van der Waals surface area contributed by atoms with Gasteiger partial charge in [0.25, 0.3) is 10.0 Å². The predicted molar refractivity (Wildman–Crippen MR) is 78.4 cm³/mol. The van der Waals surface area contributed by atoms with Gasteiger partial charge in [0, 0.05) is 6.54 Å². The van der Waals surface area contributed by atoms with E-state index < -0.39 is 10.0 Å². The Hall–Kier alpha value is -0.570. The summed E-state index contributed by atoms with van der Waals surface area (Å²) in [5.41, 5.74) is 0. The molecule has 19 heavy (non-hydrogen) atoms. The monoisotopic (exact) mass is 338 g/mol. The maximum absolute atomic E-state index is 12.1. The molecule has 0 aliphatic carbocycles.